The smallest absolute Gasteiger partial charge is 0.122 e. The Kier molecular flexibility index (Phi) is 2.88. The van der Waals surface area contributed by atoms with Crippen molar-refractivity contribution in [2.45, 2.75) is 19.6 Å². The average Bonchev–Trinajstić information content (AvgIpc) is 2.14. The number of β-amino-alcohol motifs (C(OH)–C–C–N with tert-alkyl or cyclic N) is 1. The minimum absolute atomic E-state index is 0.156. The second-order valence-electron chi connectivity index (χ2n) is 3.99. The molecule has 1 N–H and O–H groups in total. The molecule has 4 heteroatoms. The normalized spacial score (nSPS) is 17.5. The maximum atomic E-state index is 9.16. The van der Waals surface area contributed by atoms with Gasteiger partial charge < -0.3 is 9.84 Å². The molecule has 1 fully saturated rings. The van der Waals surface area contributed by atoms with Gasteiger partial charge >= 0.3 is 0 Å². The van der Waals surface area contributed by atoms with Crippen LogP contribution in [0.4, 0.5) is 0 Å². The first-order valence-corrected chi connectivity index (χ1v) is 5.09. The number of hydrogen-bond donors (Lipinski definition) is 1. The Morgan fingerprint density at radius 1 is 1.53 bits per heavy atom. The summed E-state index contributed by atoms with van der Waals surface area (Å²) >= 11 is 0. The molecule has 0 spiro atoms. The summed E-state index contributed by atoms with van der Waals surface area (Å²) in [4.78, 5) is 6.58. The van der Waals surface area contributed by atoms with E-state index >= 15 is 0 Å². The molecule has 1 aliphatic rings. The van der Waals surface area contributed by atoms with Gasteiger partial charge in [0.25, 0.3) is 0 Å². The van der Waals surface area contributed by atoms with Gasteiger partial charge in [-0.3, -0.25) is 9.88 Å². The number of aromatic nitrogens is 1. The van der Waals surface area contributed by atoms with Crippen LogP contribution in [0.3, 0.4) is 0 Å². The topological polar surface area (TPSA) is 45.6 Å². The zero-order valence-electron chi connectivity index (χ0n) is 9.10. The Labute approximate surface area is 89.5 Å². The molecule has 0 bridgehead atoms. The first kappa shape index (κ1) is 10.4. The van der Waals surface area contributed by atoms with E-state index in [1.165, 1.54) is 0 Å². The van der Waals surface area contributed by atoms with Crippen molar-refractivity contribution in [3.8, 4) is 5.75 Å². The fraction of sp³-hybridized carbons (Fsp3) is 0.545. The molecule has 0 saturated carbocycles. The van der Waals surface area contributed by atoms with Crippen LogP contribution in [0.15, 0.2) is 12.1 Å². The lowest BCUT2D eigenvalue weighted by atomic mass is 10.1. The Balaban J connectivity index is 2.04. The van der Waals surface area contributed by atoms with E-state index in [1.807, 2.05) is 19.1 Å². The molecule has 2 heterocycles. The summed E-state index contributed by atoms with van der Waals surface area (Å²) in [5, 5.41) is 9.16. The molecule has 1 aliphatic heterocycles. The van der Waals surface area contributed by atoms with Crippen LogP contribution in [0.5, 0.6) is 5.75 Å². The molecule has 15 heavy (non-hydrogen) atoms. The van der Waals surface area contributed by atoms with Gasteiger partial charge in [0.15, 0.2) is 0 Å². The maximum Gasteiger partial charge on any atom is 0.122 e. The van der Waals surface area contributed by atoms with E-state index in [9.17, 15) is 0 Å². The third-order valence-corrected chi connectivity index (χ3v) is 2.54. The summed E-state index contributed by atoms with van der Waals surface area (Å²) in [7, 11) is 1.66. The Morgan fingerprint density at radius 3 is 2.87 bits per heavy atom. The van der Waals surface area contributed by atoms with Crippen LogP contribution in [0.1, 0.15) is 11.4 Å². The third kappa shape index (κ3) is 2.46. The molecule has 0 aromatic carbocycles. The number of aryl methyl sites for hydroxylation is 1. The third-order valence-electron chi connectivity index (χ3n) is 2.54. The average molecular weight is 208 g/mol. The number of nitrogens with zero attached hydrogens (tertiary/aromatic N) is 2. The molecule has 82 valence electrons. The van der Waals surface area contributed by atoms with E-state index in [4.69, 9.17) is 9.84 Å². The summed E-state index contributed by atoms with van der Waals surface area (Å²) in [6.45, 7) is 4.24. The van der Waals surface area contributed by atoms with Gasteiger partial charge in [0.2, 0.25) is 0 Å². The van der Waals surface area contributed by atoms with Gasteiger partial charge in [0.1, 0.15) is 5.75 Å². The number of likely N-dealkylation sites (tertiary alicyclic amines) is 1. The molecule has 1 saturated heterocycles. The van der Waals surface area contributed by atoms with E-state index in [1.54, 1.807) is 7.11 Å². The number of aliphatic hydroxyl groups is 1. The van der Waals surface area contributed by atoms with E-state index < -0.39 is 0 Å². The molecular formula is C11H16N2O2. The first-order chi connectivity index (χ1) is 7.17. The zero-order chi connectivity index (χ0) is 10.8. The summed E-state index contributed by atoms with van der Waals surface area (Å²) in [6.07, 6.45) is -0.156. The number of pyridine rings is 1. The van der Waals surface area contributed by atoms with Crippen LogP contribution in [-0.2, 0) is 6.54 Å². The van der Waals surface area contributed by atoms with Crippen LogP contribution in [0, 0.1) is 6.92 Å². The van der Waals surface area contributed by atoms with Gasteiger partial charge in [-0.05, 0) is 6.92 Å². The molecule has 4 nitrogen and oxygen atoms in total. The number of aliphatic hydroxyl groups excluding tert-OH is 1. The van der Waals surface area contributed by atoms with Crippen molar-refractivity contribution in [3.05, 3.63) is 23.5 Å². The van der Waals surface area contributed by atoms with E-state index in [-0.39, 0.29) is 6.10 Å². The standard InChI is InChI=1S/C11H16N2O2/c1-8-3-11(15-2)4-9(12-8)5-13-6-10(14)7-13/h3-4,10,14H,5-7H2,1-2H3. The Morgan fingerprint density at radius 2 is 2.27 bits per heavy atom. The summed E-state index contributed by atoms with van der Waals surface area (Å²) in [5.74, 6) is 0.846. The molecule has 0 aliphatic carbocycles. The van der Waals surface area contributed by atoms with Crippen LogP contribution in [-0.4, -0.2) is 41.3 Å². The van der Waals surface area contributed by atoms with Crippen LogP contribution in [0.25, 0.3) is 0 Å². The van der Waals surface area contributed by atoms with Crippen molar-refractivity contribution >= 4 is 0 Å². The largest absolute Gasteiger partial charge is 0.497 e. The summed E-state index contributed by atoms with van der Waals surface area (Å²) in [6, 6.07) is 3.85. The van der Waals surface area contributed by atoms with Crippen molar-refractivity contribution < 1.29 is 9.84 Å². The van der Waals surface area contributed by atoms with Crippen LogP contribution in [0.2, 0.25) is 0 Å². The highest BCUT2D eigenvalue weighted by molar-refractivity contribution is 5.26. The van der Waals surface area contributed by atoms with E-state index in [0.717, 1.165) is 36.8 Å². The van der Waals surface area contributed by atoms with Crippen molar-refractivity contribution in [3.63, 3.8) is 0 Å². The van der Waals surface area contributed by atoms with Gasteiger partial charge in [0.05, 0.1) is 18.9 Å². The van der Waals surface area contributed by atoms with Crippen molar-refractivity contribution in [1.82, 2.24) is 9.88 Å². The number of rotatable bonds is 3. The predicted molar refractivity (Wildman–Crippen MR) is 56.8 cm³/mol. The van der Waals surface area contributed by atoms with Gasteiger partial charge in [-0.2, -0.15) is 0 Å². The van der Waals surface area contributed by atoms with Gasteiger partial charge in [-0.25, -0.2) is 0 Å². The van der Waals surface area contributed by atoms with E-state index in [2.05, 4.69) is 9.88 Å². The quantitative estimate of drug-likeness (QED) is 0.789. The van der Waals surface area contributed by atoms with E-state index in [0.29, 0.717) is 0 Å². The van der Waals surface area contributed by atoms with Crippen molar-refractivity contribution in [2.75, 3.05) is 20.2 Å². The minimum Gasteiger partial charge on any atom is -0.497 e. The molecule has 0 amide bonds. The molecule has 0 radical (unpaired) electrons. The molecule has 2 rings (SSSR count). The number of hydrogen-bond acceptors (Lipinski definition) is 4. The predicted octanol–water partition coefficient (Wildman–Crippen LogP) is 0.575. The number of methoxy groups -OCH3 is 1. The van der Waals surface area contributed by atoms with Gasteiger partial charge in [-0.1, -0.05) is 0 Å². The van der Waals surface area contributed by atoms with Gasteiger partial charge in [0, 0.05) is 37.5 Å². The monoisotopic (exact) mass is 208 g/mol. The first-order valence-electron chi connectivity index (χ1n) is 5.09. The fourth-order valence-corrected chi connectivity index (χ4v) is 1.80. The zero-order valence-corrected chi connectivity index (χ0v) is 9.10. The minimum atomic E-state index is -0.156. The molecule has 1 aromatic rings. The number of ether oxygens (including phenoxy) is 1. The molecule has 0 atom stereocenters. The van der Waals surface area contributed by atoms with Gasteiger partial charge in [-0.15, -0.1) is 0 Å². The maximum absolute atomic E-state index is 9.16. The summed E-state index contributed by atoms with van der Waals surface area (Å²) in [5.41, 5.74) is 1.96. The molecule has 1 aromatic heterocycles. The van der Waals surface area contributed by atoms with Crippen molar-refractivity contribution in [1.29, 1.82) is 0 Å². The molecular weight excluding hydrogens is 192 g/mol. The highest BCUT2D eigenvalue weighted by Gasteiger charge is 2.24. The second-order valence-corrected chi connectivity index (χ2v) is 3.99. The highest BCUT2D eigenvalue weighted by Crippen LogP contribution is 2.17. The summed E-state index contributed by atoms with van der Waals surface area (Å²) < 4.78 is 5.18. The SMILES string of the molecule is COc1cc(C)nc(CN2CC(O)C2)c1. The fourth-order valence-electron chi connectivity index (χ4n) is 1.80. The highest BCUT2D eigenvalue weighted by atomic mass is 16.5. The molecule has 0 unspecified atom stereocenters. The lowest BCUT2D eigenvalue weighted by molar-refractivity contribution is -0.00358. The second kappa shape index (κ2) is 4.16. The van der Waals surface area contributed by atoms with Crippen molar-refractivity contribution in [2.24, 2.45) is 0 Å². The van der Waals surface area contributed by atoms with Crippen LogP contribution < -0.4 is 4.74 Å². The van der Waals surface area contributed by atoms with Crippen LogP contribution >= 0.6 is 0 Å². The lowest BCUT2D eigenvalue weighted by Crippen LogP contribution is -2.49. The Bertz CT molecular complexity index is 348. The lowest BCUT2D eigenvalue weighted by Gasteiger charge is -2.35. The Hall–Kier alpha value is -1.13.